The highest BCUT2D eigenvalue weighted by Gasteiger charge is 2.22. The minimum Gasteiger partial charge on any atom is -0.367 e. The Bertz CT molecular complexity index is 1670. The van der Waals surface area contributed by atoms with E-state index in [9.17, 15) is 4.79 Å². The number of rotatable bonds is 7. The zero-order chi connectivity index (χ0) is 29.3. The molecule has 3 aromatic carbocycles. The maximum Gasteiger partial charge on any atom is 0.244 e. The van der Waals surface area contributed by atoms with Crippen molar-refractivity contribution in [3.63, 3.8) is 0 Å². The van der Waals surface area contributed by atoms with Crippen molar-refractivity contribution < 1.29 is 4.79 Å². The Morgan fingerprint density at radius 3 is 2.36 bits per heavy atom. The summed E-state index contributed by atoms with van der Waals surface area (Å²) in [5, 5.41) is 2.95. The summed E-state index contributed by atoms with van der Waals surface area (Å²) in [5.74, 6) is 1.69. The molecule has 0 saturated carbocycles. The fraction of sp³-hybridized carbons (Fsp3) is 0.324. The number of amides is 1. The van der Waals surface area contributed by atoms with E-state index in [1.54, 1.807) is 0 Å². The van der Waals surface area contributed by atoms with Crippen molar-refractivity contribution in [2.45, 2.75) is 46.2 Å². The van der Waals surface area contributed by atoms with Gasteiger partial charge in [-0.1, -0.05) is 69.3 Å². The smallest absolute Gasteiger partial charge is 0.244 e. The number of nitrogens with zero attached hydrogens (tertiary/aromatic N) is 5. The molecular formula is C34H39N7O. The first kappa shape index (κ1) is 27.7. The molecule has 5 aromatic rings. The summed E-state index contributed by atoms with van der Waals surface area (Å²) in [4.78, 5) is 30.7. The molecule has 1 saturated heterocycles. The molecule has 216 valence electrons. The van der Waals surface area contributed by atoms with E-state index in [1.807, 2.05) is 48.0 Å². The van der Waals surface area contributed by atoms with Gasteiger partial charge < -0.3 is 19.8 Å². The Labute approximate surface area is 247 Å². The molecule has 0 aliphatic carbocycles. The molecule has 1 aliphatic rings. The number of H-pyrrole nitrogens is 1. The van der Waals surface area contributed by atoms with Crippen LogP contribution >= 0.6 is 0 Å². The lowest BCUT2D eigenvalue weighted by Crippen LogP contribution is -2.46. The van der Waals surface area contributed by atoms with Gasteiger partial charge >= 0.3 is 0 Å². The number of carbonyl (C=O) groups excluding carboxylic acids is 1. The molecule has 1 amide bonds. The lowest BCUT2D eigenvalue weighted by atomic mass is 9.87. The van der Waals surface area contributed by atoms with Gasteiger partial charge in [-0.3, -0.25) is 9.69 Å². The second-order valence-corrected chi connectivity index (χ2v) is 12.2. The molecule has 8 heteroatoms. The third kappa shape index (κ3) is 6.09. The number of imidazole rings is 2. The van der Waals surface area contributed by atoms with Gasteiger partial charge in [-0.25, -0.2) is 9.97 Å². The molecule has 42 heavy (non-hydrogen) atoms. The number of para-hydroxylation sites is 2. The van der Waals surface area contributed by atoms with E-state index in [0.717, 1.165) is 72.4 Å². The van der Waals surface area contributed by atoms with Crippen LogP contribution < -0.4 is 10.2 Å². The zero-order valence-electron chi connectivity index (χ0n) is 24.9. The van der Waals surface area contributed by atoms with E-state index >= 15 is 0 Å². The molecule has 0 unspecified atom stereocenters. The SMILES string of the molecule is Cc1nc(CN2CCN(c3cccc4[nH]c(-c5ccc(C(C)(C)C)cc5)nc34)CC2)cn1CC(=O)Nc1ccccc1. The Balaban J connectivity index is 1.08. The topological polar surface area (TPSA) is 82.1 Å². The highest BCUT2D eigenvalue weighted by Crippen LogP contribution is 2.30. The van der Waals surface area contributed by atoms with Crippen LogP contribution in [0.25, 0.3) is 22.4 Å². The number of carbonyl (C=O) groups is 1. The van der Waals surface area contributed by atoms with E-state index in [2.05, 4.69) is 83.3 Å². The normalized spacial score (nSPS) is 14.4. The summed E-state index contributed by atoms with van der Waals surface area (Å²) >= 11 is 0. The molecular weight excluding hydrogens is 522 g/mol. The van der Waals surface area contributed by atoms with Crippen molar-refractivity contribution in [2.75, 3.05) is 36.4 Å². The fourth-order valence-electron chi connectivity index (χ4n) is 5.60. The Morgan fingerprint density at radius 2 is 1.64 bits per heavy atom. The van der Waals surface area contributed by atoms with Crippen LogP contribution in [-0.2, 0) is 23.3 Å². The lowest BCUT2D eigenvalue weighted by Gasteiger charge is -2.35. The van der Waals surface area contributed by atoms with Gasteiger partial charge in [0.25, 0.3) is 0 Å². The van der Waals surface area contributed by atoms with Crippen LogP contribution in [0, 0.1) is 6.92 Å². The number of aromatic amines is 1. The van der Waals surface area contributed by atoms with Gasteiger partial charge in [0.15, 0.2) is 0 Å². The Kier molecular flexibility index (Phi) is 7.56. The number of hydrogen-bond donors (Lipinski definition) is 2. The number of benzene rings is 3. The second-order valence-electron chi connectivity index (χ2n) is 12.2. The van der Waals surface area contributed by atoms with Gasteiger partial charge in [-0.15, -0.1) is 0 Å². The Hall–Kier alpha value is -4.43. The van der Waals surface area contributed by atoms with E-state index in [4.69, 9.17) is 9.97 Å². The highest BCUT2D eigenvalue weighted by atomic mass is 16.1. The quantitative estimate of drug-likeness (QED) is 0.255. The summed E-state index contributed by atoms with van der Waals surface area (Å²) in [6.07, 6.45) is 2.01. The van der Waals surface area contributed by atoms with E-state index in [0.29, 0.717) is 0 Å². The molecule has 0 bridgehead atoms. The van der Waals surface area contributed by atoms with E-state index < -0.39 is 0 Å². The molecule has 6 rings (SSSR count). The number of hydrogen-bond acceptors (Lipinski definition) is 5. The average molecular weight is 562 g/mol. The highest BCUT2D eigenvalue weighted by molar-refractivity contribution is 5.91. The number of piperazine rings is 1. The summed E-state index contributed by atoms with van der Waals surface area (Å²) in [7, 11) is 0. The Morgan fingerprint density at radius 1 is 0.905 bits per heavy atom. The number of nitrogens with one attached hydrogen (secondary N) is 2. The largest absolute Gasteiger partial charge is 0.367 e. The number of fused-ring (bicyclic) bond motifs is 1. The van der Waals surface area contributed by atoms with Crippen LogP contribution in [0.3, 0.4) is 0 Å². The van der Waals surface area contributed by atoms with E-state index in [-0.39, 0.29) is 17.9 Å². The summed E-state index contributed by atoms with van der Waals surface area (Å²) in [6, 6.07) is 24.7. The zero-order valence-corrected chi connectivity index (χ0v) is 24.9. The minimum absolute atomic E-state index is 0.0560. The van der Waals surface area contributed by atoms with Gasteiger partial charge in [0.1, 0.15) is 23.7 Å². The maximum absolute atomic E-state index is 12.5. The van der Waals surface area contributed by atoms with Crippen molar-refractivity contribution in [3.8, 4) is 11.4 Å². The average Bonchev–Trinajstić information content (AvgIpc) is 3.56. The monoisotopic (exact) mass is 561 g/mol. The molecule has 0 radical (unpaired) electrons. The van der Waals surface area contributed by atoms with E-state index in [1.165, 1.54) is 11.3 Å². The van der Waals surface area contributed by atoms with Crippen LogP contribution in [-0.4, -0.2) is 56.5 Å². The van der Waals surface area contributed by atoms with Gasteiger partial charge in [-0.2, -0.15) is 0 Å². The standard InChI is InChI=1S/C34H39N7O/c1-24-35-28(22-41(24)23-31(42)36-27-9-6-5-7-10-27)21-39-17-19-40(20-18-39)30-12-8-11-29-32(30)38-33(37-29)25-13-15-26(16-14-25)34(2,3)4/h5-16,22H,17-21,23H2,1-4H3,(H,36,42)(H,37,38). The molecule has 2 N–H and O–H groups in total. The van der Waals surface area contributed by atoms with Gasteiger partial charge in [-0.05, 0) is 42.2 Å². The predicted octanol–water partition coefficient (Wildman–Crippen LogP) is 5.99. The molecule has 1 fully saturated rings. The summed E-state index contributed by atoms with van der Waals surface area (Å²) in [5.41, 5.74) is 7.58. The van der Waals surface area contributed by atoms with Gasteiger partial charge in [0.05, 0.1) is 16.9 Å². The van der Waals surface area contributed by atoms with Crippen molar-refractivity contribution in [1.29, 1.82) is 0 Å². The van der Waals surface area contributed by atoms with Crippen molar-refractivity contribution >= 4 is 28.3 Å². The first-order valence-corrected chi connectivity index (χ1v) is 14.7. The van der Waals surface area contributed by atoms with Gasteiger partial charge in [0.2, 0.25) is 5.91 Å². The lowest BCUT2D eigenvalue weighted by molar-refractivity contribution is -0.116. The maximum atomic E-state index is 12.5. The summed E-state index contributed by atoms with van der Waals surface area (Å²) in [6.45, 7) is 13.4. The predicted molar refractivity (Wildman–Crippen MR) is 170 cm³/mol. The fourth-order valence-corrected chi connectivity index (χ4v) is 5.60. The number of anilines is 2. The van der Waals surface area contributed by atoms with Crippen molar-refractivity contribution in [2.24, 2.45) is 0 Å². The van der Waals surface area contributed by atoms with Crippen LogP contribution in [0.4, 0.5) is 11.4 Å². The molecule has 8 nitrogen and oxygen atoms in total. The first-order chi connectivity index (χ1) is 20.2. The number of aromatic nitrogens is 4. The van der Waals surface area contributed by atoms with Crippen molar-refractivity contribution in [1.82, 2.24) is 24.4 Å². The third-order valence-electron chi connectivity index (χ3n) is 8.01. The van der Waals surface area contributed by atoms with Crippen LogP contribution in [0.2, 0.25) is 0 Å². The minimum atomic E-state index is -0.0560. The molecule has 0 spiro atoms. The van der Waals surface area contributed by atoms with Crippen molar-refractivity contribution in [3.05, 3.63) is 96.1 Å². The molecule has 1 aliphatic heterocycles. The van der Waals surface area contributed by atoms with Crippen LogP contribution in [0.1, 0.15) is 37.9 Å². The molecule has 2 aromatic heterocycles. The first-order valence-electron chi connectivity index (χ1n) is 14.7. The summed E-state index contributed by atoms with van der Waals surface area (Å²) < 4.78 is 1.93. The third-order valence-corrected chi connectivity index (χ3v) is 8.01. The second kappa shape index (κ2) is 11.4. The van der Waals surface area contributed by atoms with Gasteiger partial charge in [0, 0.05) is 50.2 Å². The molecule has 3 heterocycles. The van der Waals surface area contributed by atoms with Crippen LogP contribution in [0.5, 0.6) is 0 Å². The van der Waals surface area contributed by atoms with Crippen LogP contribution in [0.15, 0.2) is 79.0 Å². The molecule has 0 atom stereocenters. The number of aryl methyl sites for hydroxylation is 1.